The van der Waals surface area contributed by atoms with Crippen LogP contribution < -0.4 is 5.32 Å². The Morgan fingerprint density at radius 1 is 1.12 bits per heavy atom. The van der Waals surface area contributed by atoms with E-state index in [1.54, 1.807) is 0 Å². The molecule has 2 aliphatic heterocycles. The van der Waals surface area contributed by atoms with Crippen LogP contribution in [-0.4, -0.2) is 52.7 Å². The largest absolute Gasteiger partial charge is 0.481 e. The van der Waals surface area contributed by atoms with Crippen molar-refractivity contribution in [2.45, 2.75) is 38.3 Å². The van der Waals surface area contributed by atoms with Crippen LogP contribution in [0.2, 0.25) is 0 Å². The number of carboxylic acid groups (broad SMARTS) is 2. The van der Waals surface area contributed by atoms with Crippen molar-refractivity contribution in [3.63, 3.8) is 0 Å². The third kappa shape index (κ3) is 3.76. The van der Waals surface area contributed by atoms with E-state index in [2.05, 4.69) is 10.2 Å². The molecular formula is C18H24N2O4. The van der Waals surface area contributed by atoms with E-state index in [-0.39, 0.29) is 11.8 Å². The van der Waals surface area contributed by atoms with E-state index in [9.17, 15) is 14.7 Å². The number of hydrogen-bond donors (Lipinski definition) is 3. The predicted octanol–water partition coefficient (Wildman–Crippen LogP) is 1.34. The second kappa shape index (κ2) is 6.91. The number of aliphatic carboxylic acids is 2. The van der Waals surface area contributed by atoms with Gasteiger partial charge in [0.05, 0.1) is 6.42 Å². The summed E-state index contributed by atoms with van der Waals surface area (Å²) in [6.07, 6.45) is 2.80. The van der Waals surface area contributed by atoms with Gasteiger partial charge < -0.3 is 15.5 Å². The van der Waals surface area contributed by atoms with Crippen LogP contribution in [0.25, 0.3) is 0 Å². The molecule has 2 heterocycles. The van der Waals surface area contributed by atoms with Gasteiger partial charge in [-0.2, -0.15) is 0 Å². The van der Waals surface area contributed by atoms with Gasteiger partial charge in [0.2, 0.25) is 0 Å². The third-order valence-corrected chi connectivity index (χ3v) is 5.32. The predicted molar refractivity (Wildman–Crippen MR) is 88.8 cm³/mol. The lowest BCUT2D eigenvalue weighted by Crippen LogP contribution is -2.38. The van der Waals surface area contributed by atoms with Crippen molar-refractivity contribution >= 4 is 11.9 Å². The molecule has 1 atom stereocenters. The summed E-state index contributed by atoms with van der Waals surface area (Å²) in [5.74, 6) is -1.59. The fraction of sp³-hybridized carbons (Fsp3) is 0.556. The molecule has 2 fully saturated rings. The molecule has 2 saturated heterocycles. The summed E-state index contributed by atoms with van der Waals surface area (Å²) in [6.45, 7) is 3.34. The third-order valence-electron chi connectivity index (χ3n) is 5.32. The topological polar surface area (TPSA) is 89.9 Å². The molecule has 1 unspecified atom stereocenters. The first-order valence-corrected chi connectivity index (χ1v) is 8.45. The smallest absolute Gasteiger partial charge is 0.320 e. The lowest BCUT2D eigenvalue weighted by atomic mass is 9.77. The van der Waals surface area contributed by atoms with Crippen LogP contribution in [0.15, 0.2) is 24.3 Å². The van der Waals surface area contributed by atoms with Crippen molar-refractivity contribution in [3.8, 4) is 0 Å². The maximum absolute atomic E-state index is 11.7. The fourth-order valence-corrected chi connectivity index (χ4v) is 4.05. The molecule has 6 heteroatoms. The quantitative estimate of drug-likeness (QED) is 0.754. The molecule has 1 aromatic rings. The molecule has 130 valence electrons. The van der Waals surface area contributed by atoms with Gasteiger partial charge in [-0.05, 0) is 48.9 Å². The molecule has 24 heavy (non-hydrogen) atoms. The van der Waals surface area contributed by atoms with Crippen molar-refractivity contribution in [2.75, 3.05) is 19.6 Å². The Labute approximate surface area is 141 Å². The highest BCUT2D eigenvalue weighted by Gasteiger charge is 2.46. The summed E-state index contributed by atoms with van der Waals surface area (Å²) in [5.41, 5.74) is 1.91. The monoisotopic (exact) mass is 332 g/mol. The fourth-order valence-electron chi connectivity index (χ4n) is 4.05. The molecule has 1 aromatic carbocycles. The van der Waals surface area contributed by atoms with Crippen LogP contribution in [0.5, 0.6) is 0 Å². The Bertz CT molecular complexity index is 608. The average Bonchev–Trinajstić information content (AvgIpc) is 2.87. The van der Waals surface area contributed by atoms with E-state index in [1.807, 2.05) is 24.3 Å². The molecule has 3 rings (SSSR count). The highest BCUT2D eigenvalue weighted by Crippen LogP contribution is 2.42. The molecular weight excluding hydrogens is 308 g/mol. The summed E-state index contributed by atoms with van der Waals surface area (Å²) < 4.78 is 0. The number of benzene rings is 1. The van der Waals surface area contributed by atoms with Crippen LogP contribution in [0.1, 0.15) is 30.4 Å². The summed E-state index contributed by atoms with van der Waals surface area (Å²) in [4.78, 5) is 24.5. The molecule has 0 aromatic heterocycles. The van der Waals surface area contributed by atoms with Crippen molar-refractivity contribution in [1.82, 2.24) is 10.2 Å². The van der Waals surface area contributed by atoms with Gasteiger partial charge >= 0.3 is 11.9 Å². The summed E-state index contributed by atoms with van der Waals surface area (Å²) >= 11 is 0. The van der Waals surface area contributed by atoms with E-state index >= 15 is 0 Å². The van der Waals surface area contributed by atoms with Gasteiger partial charge in [-0.15, -0.1) is 0 Å². The standard InChI is InChI=1S/C18H24N2O4/c21-16(22)9-13-1-3-14(4-2-13)11-20-12-18(5-7-19-8-6-18)10-15(20)17(23)24/h1-4,15,19H,5-12H2,(H,21,22)(H,23,24). The summed E-state index contributed by atoms with van der Waals surface area (Å²) in [6, 6.07) is 7.02. The number of likely N-dealkylation sites (tertiary alicyclic amines) is 1. The van der Waals surface area contributed by atoms with E-state index in [0.29, 0.717) is 6.54 Å². The first-order valence-electron chi connectivity index (χ1n) is 8.45. The van der Waals surface area contributed by atoms with E-state index < -0.39 is 18.0 Å². The maximum Gasteiger partial charge on any atom is 0.320 e. The molecule has 1 spiro atoms. The van der Waals surface area contributed by atoms with Gasteiger partial charge in [0.1, 0.15) is 6.04 Å². The average molecular weight is 332 g/mol. The number of carbonyl (C=O) groups is 2. The molecule has 0 amide bonds. The number of nitrogens with zero attached hydrogens (tertiary/aromatic N) is 1. The first kappa shape index (κ1) is 16.9. The van der Waals surface area contributed by atoms with E-state index in [0.717, 1.165) is 50.0 Å². The molecule has 2 aliphatic rings. The normalized spacial score (nSPS) is 23.4. The van der Waals surface area contributed by atoms with Gasteiger partial charge in [-0.25, -0.2) is 0 Å². The van der Waals surface area contributed by atoms with Gasteiger partial charge in [0.15, 0.2) is 0 Å². The lowest BCUT2D eigenvalue weighted by molar-refractivity contribution is -0.142. The van der Waals surface area contributed by atoms with Crippen LogP contribution in [0.3, 0.4) is 0 Å². The zero-order chi connectivity index (χ0) is 17.2. The van der Waals surface area contributed by atoms with E-state index in [4.69, 9.17) is 5.11 Å². The number of rotatable bonds is 5. The minimum atomic E-state index is -0.846. The number of hydrogen-bond acceptors (Lipinski definition) is 4. The molecule has 0 saturated carbocycles. The summed E-state index contributed by atoms with van der Waals surface area (Å²) in [5, 5.41) is 21.8. The van der Waals surface area contributed by atoms with Gasteiger partial charge in [-0.3, -0.25) is 14.5 Å². The SMILES string of the molecule is O=C(O)Cc1ccc(CN2CC3(CCNCC3)CC2C(=O)O)cc1. The van der Waals surface area contributed by atoms with Crippen molar-refractivity contribution < 1.29 is 19.8 Å². The second-order valence-electron chi connectivity index (χ2n) is 7.10. The zero-order valence-corrected chi connectivity index (χ0v) is 13.7. The number of nitrogens with one attached hydrogen (secondary N) is 1. The van der Waals surface area contributed by atoms with Crippen molar-refractivity contribution in [1.29, 1.82) is 0 Å². The van der Waals surface area contributed by atoms with Crippen molar-refractivity contribution in [3.05, 3.63) is 35.4 Å². The van der Waals surface area contributed by atoms with Crippen LogP contribution in [-0.2, 0) is 22.6 Å². The van der Waals surface area contributed by atoms with Crippen molar-refractivity contribution in [2.24, 2.45) is 5.41 Å². The molecule has 3 N–H and O–H groups in total. The minimum absolute atomic E-state index is 0.0118. The molecule has 0 aliphatic carbocycles. The molecule has 0 bridgehead atoms. The number of piperidine rings is 1. The Balaban J connectivity index is 1.70. The molecule has 6 nitrogen and oxygen atoms in total. The summed E-state index contributed by atoms with van der Waals surface area (Å²) in [7, 11) is 0. The zero-order valence-electron chi connectivity index (χ0n) is 13.7. The van der Waals surface area contributed by atoms with Crippen LogP contribution in [0, 0.1) is 5.41 Å². The van der Waals surface area contributed by atoms with Crippen LogP contribution in [0.4, 0.5) is 0 Å². The van der Waals surface area contributed by atoms with E-state index in [1.165, 1.54) is 0 Å². The number of carboxylic acids is 2. The van der Waals surface area contributed by atoms with Gasteiger partial charge in [-0.1, -0.05) is 24.3 Å². The lowest BCUT2D eigenvalue weighted by Gasteiger charge is -2.33. The Morgan fingerprint density at radius 3 is 2.33 bits per heavy atom. The first-order chi connectivity index (χ1) is 11.5. The maximum atomic E-state index is 11.7. The Morgan fingerprint density at radius 2 is 1.75 bits per heavy atom. The second-order valence-corrected chi connectivity index (χ2v) is 7.10. The Hall–Kier alpha value is -1.92. The van der Waals surface area contributed by atoms with Crippen LogP contribution >= 0.6 is 0 Å². The highest BCUT2D eigenvalue weighted by molar-refractivity contribution is 5.74. The Kier molecular flexibility index (Phi) is 4.87. The van der Waals surface area contributed by atoms with Gasteiger partial charge in [0.25, 0.3) is 0 Å². The minimum Gasteiger partial charge on any atom is -0.481 e. The molecule has 0 radical (unpaired) electrons. The highest BCUT2D eigenvalue weighted by atomic mass is 16.4. The van der Waals surface area contributed by atoms with Gasteiger partial charge in [0, 0.05) is 13.1 Å².